The van der Waals surface area contributed by atoms with E-state index in [4.69, 9.17) is 0 Å². The standard InChI is InChI=1S/C13H18FNS/c1-10(12-6-2-3-7-13(12)14)15-11-5-4-8-16-9-11/h2-3,6-7,10-11,15H,4-5,8-9H2,1H3/t10-,11?/m1/s1. The second kappa shape index (κ2) is 5.69. The molecule has 3 heteroatoms. The first-order chi connectivity index (χ1) is 7.77. The highest BCUT2D eigenvalue weighted by molar-refractivity contribution is 7.99. The molecule has 1 saturated heterocycles. The summed E-state index contributed by atoms with van der Waals surface area (Å²) in [6.07, 6.45) is 2.48. The summed E-state index contributed by atoms with van der Waals surface area (Å²) in [5.41, 5.74) is 0.776. The Morgan fingerprint density at radius 1 is 1.44 bits per heavy atom. The van der Waals surface area contributed by atoms with Crippen molar-refractivity contribution in [1.82, 2.24) is 5.32 Å². The lowest BCUT2D eigenvalue weighted by Gasteiger charge is -2.26. The Morgan fingerprint density at radius 3 is 2.94 bits per heavy atom. The van der Waals surface area contributed by atoms with E-state index in [1.165, 1.54) is 24.7 Å². The maximum Gasteiger partial charge on any atom is 0.127 e. The summed E-state index contributed by atoms with van der Waals surface area (Å²) in [5.74, 6) is 2.32. The van der Waals surface area contributed by atoms with Gasteiger partial charge in [0.2, 0.25) is 0 Å². The molecule has 0 radical (unpaired) electrons. The van der Waals surface area contributed by atoms with Gasteiger partial charge in [0.25, 0.3) is 0 Å². The van der Waals surface area contributed by atoms with Crippen molar-refractivity contribution in [2.24, 2.45) is 0 Å². The smallest absolute Gasteiger partial charge is 0.127 e. The van der Waals surface area contributed by atoms with Gasteiger partial charge in [0.15, 0.2) is 0 Å². The van der Waals surface area contributed by atoms with Gasteiger partial charge in [-0.1, -0.05) is 18.2 Å². The number of thioether (sulfide) groups is 1. The maximum atomic E-state index is 13.5. The minimum absolute atomic E-state index is 0.102. The van der Waals surface area contributed by atoms with Crippen molar-refractivity contribution in [2.75, 3.05) is 11.5 Å². The third-order valence-corrected chi connectivity index (χ3v) is 4.23. The van der Waals surface area contributed by atoms with Crippen molar-refractivity contribution >= 4 is 11.8 Å². The van der Waals surface area contributed by atoms with E-state index >= 15 is 0 Å². The SMILES string of the molecule is C[C@@H](NC1CCCSC1)c1ccccc1F. The molecule has 0 amide bonds. The Balaban J connectivity index is 1.96. The minimum Gasteiger partial charge on any atom is -0.307 e. The molecule has 1 aromatic carbocycles. The van der Waals surface area contributed by atoms with Gasteiger partial charge in [0.1, 0.15) is 5.82 Å². The molecule has 2 rings (SSSR count). The van der Waals surface area contributed by atoms with Crippen LogP contribution in [0.1, 0.15) is 31.4 Å². The van der Waals surface area contributed by atoms with Crippen LogP contribution in [0.2, 0.25) is 0 Å². The van der Waals surface area contributed by atoms with Gasteiger partial charge >= 0.3 is 0 Å². The van der Waals surface area contributed by atoms with Gasteiger partial charge in [0, 0.05) is 23.4 Å². The van der Waals surface area contributed by atoms with Crippen molar-refractivity contribution in [2.45, 2.75) is 31.8 Å². The summed E-state index contributed by atoms with van der Waals surface area (Å²) in [7, 11) is 0. The molecule has 0 saturated carbocycles. The molecule has 1 fully saturated rings. The van der Waals surface area contributed by atoms with Crippen molar-refractivity contribution in [3.05, 3.63) is 35.6 Å². The number of benzene rings is 1. The van der Waals surface area contributed by atoms with E-state index in [9.17, 15) is 4.39 Å². The highest BCUT2D eigenvalue weighted by Crippen LogP contribution is 2.22. The van der Waals surface area contributed by atoms with Crippen LogP contribution in [0.15, 0.2) is 24.3 Å². The molecule has 88 valence electrons. The quantitative estimate of drug-likeness (QED) is 0.868. The van der Waals surface area contributed by atoms with Gasteiger partial charge in [-0.3, -0.25) is 0 Å². The molecule has 1 aliphatic heterocycles. The van der Waals surface area contributed by atoms with Gasteiger partial charge in [-0.15, -0.1) is 0 Å². The average molecular weight is 239 g/mol. The first kappa shape index (κ1) is 11.9. The number of hydrogen-bond acceptors (Lipinski definition) is 2. The van der Waals surface area contributed by atoms with Gasteiger partial charge in [0.05, 0.1) is 0 Å². The van der Waals surface area contributed by atoms with Crippen LogP contribution in [-0.4, -0.2) is 17.5 Å². The maximum absolute atomic E-state index is 13.5. The number of nitrogens with one attached hydrogen (secondary N) is 1. The summed E-state index contributed by atoms with van der Waals surface area (Å²) >= 11 is 1.99. The van der Waals surface area contributed by atoms with E-state index in [0.717, 1.165) is 11.3 Å². The second-order valence-electron chi connectivity index (χ2n) is 4.32. The molecule has 16 heavy (non-hydrogen) atoms. The summed E-state index contributed by atoms with van der Waals surface area (Å²) in [4.78, 5) is 0. The molecule has 0 bridgehead atoms. The van der Waals surface area contributed by atoms with Crippen LogP contribution < -0.4 is 5.32 Å². The van der Waals surface area contributed by atoms with Crippen LogP contribution in [0.4, 0.5) is 4.39 Å². The fraction of sp³-hybridized carbons (Fsp3) is 0.538. The summed E-state index contributed by atoms with van der Waals surface area (Å²) in [5, 5.41) is 3.52. The fourth-order valence-electron chi connectivity index (χ4n) is 2.14. The summed E-state index contributed by atoms with van der Waals surface area (Å²) in [6, 6.07) is 7.67. The third kappa shape index (κ3) is 2.98. The van der Waals surface area contributed by atoms with Gasteiger partial charge in [-0.25, -0.2) is 4.39 Å². The monoisotopic (exact) mass is 239 g/mol. The molecule has 1 aromatic rings. The van der Waals surface area contributed by atoms with Crippen molar-refractivity contribution in [3.8, 4) is 0 Å². The van der Waals surface area contributed by atoms with Crippen LogP contribution >= 0.6 is 11.8 Å². The lowest BCUT2D eigenvalue weighted by molar-refractivity contribution is 0.440. The van der Waals surface area contributed by atoms with E-state index in [2.05, 4.69) is 5.32 Å². The van der Waals surface area contributed by atoms with Crippen LogP contribution in [0.5, 0.6) is 0 Å². The zero-order valence-corrected chi connectivity index (χ0v) is 10.4. The highest BCUT2D eigenvalue weighted by atomic mass is 32.2. The first-order valence-corrected chi connectivity index (χ1v) is 7.01. The molecular formula is C13H18FNS. The molecule has 2 atom stereocenters. The Kier molecular flexibility index (Phi) is 4.24. The molecular weight excluding hydrogens is 221 g/mol. The number of rotatable bonds is 3. The van der Waals surface area contributed by atoms with E-state index in [1.54, 1.807) is 6.07 Å². The topological polar surface area (TPSA) is 12.0 Å². The van der Waals surface area contributed by atoms with Crippen molar-refractivity contribution < 1.29 is 4.39 Å². The van der Waals surface area contributed by atoms with E-state index in [-0.39, 0.29) is 11.9 Å². The largest absolute Gasteiger partial charge is 0.307 e. The predicted octanol–water partition coefficient (Wildman–Crippen LogP) is 3.37. The number of halogens is 1. The molecule has 1 aliphatic rings. The Morgan fingerprint density at radius 2 is 2.25 bits per heavy atom. The first-order valence-electron chi connectivity index (χ1n) is 5.85. The molecule has 1 N–H and O–H groups in total. The molecule has 0 spiro atoms. The zero-order chi connectivity index (χ0) is 11.4. The summed E-state index contributed by atoms with van der Waals surface area (Å²) < 4.78 is 13.5. The molecule has 1 unspecified atom stereocenters. The Labute approximate surface area is 101 Å². The minimum atomic E-state index is -0.106. The third-order valence-electron chi connectivity index (χ3n) is 3.02. The zero-order valence-electron chi connectivity index (χ0n) is 9.58. The van der Waals surface area contributed by atoms with E-state index in [1.807, 2.05) is 30.8 Å². The van der Waals surface area contributed by atoms with E-state index in [0.29, 0.717) is 6.04 Å². The normalized spacial score (nSPS) is 23.0. The molecule has 0 aliphatic carbocycles. The Hall–Kier alpha value is -0.540. The summed E-state index contributed by atoms with van der Waals surface area (Å²) in [6.45, 7) is 2.04. The second-order valence-corrected chi connectivity index (χ2v) is 5.47. The fourth-order valence-corrected chi connectivity index (χ4v) is 3.23. The van der Waals surface area contributed by atoms with Crippen LogP contribution in [-0.2, 0) is 0 Å². The van der Waals surface area contributed by atoms with E-state index < -0.39 is 0 Å². The molecule has 1 heterocycles. The lowest BCUT2D eigenvalue weighted by Crippen LogP contribution is -2.35. The van der Waals surface area contributed by atoms with Crippen molar-refractivity contribution in [1.29, 1.82) is 0 Å². The lowest BCUT2D eigenvalue weighted by atomic mass is 10.1. The van der Waals surface area contributed by atoms with Crippen LogP contribution in [0.3, 0.4) is 0 Å². The average Bonchev–Trinajstić information content (AvgIpc) is 2.31. The number of hydrogen-bond donors (Lipinski definition) is 1. The van der Waals surface area contributed by atoms with Crippen LogP contribution in [0.25, 0.3) is 0 Å². The predicted molar refractivity (Wildman–Crippen MR) is 68.3 cm³/mol. The Bertz CT molecular complexity index is 336. The van der Waals surface area contributed by atoms with Crippen molar-refractivity contribution in [3.63, 3.8) is 0 Å². The van der Waals surface area contributed by atoms with Gasteiger partial charge in [-0.05, 0) is 31.6 Å². The highest BCUT2D eigenvalue weighted by Gasteiger charge is 2.17. The molecule has 1 nitrogen and oxygen atoms in total. The molecule has 0 aromatic heterocycles. The van der Waals surface area contributed by atoms with Gasteiger partial charge < -0.3 is 5.32 Å². The van der Waals surface area contributed by atoms with Crippen LogP contribution in [0, 0.1) is 5.82 Å². The van der Waals surface area contributed by atoms with Gasteiger partial charge in [-0.2, -0.15) is 11.8 Å².